The van der Waals surface area contributed by atoms with Gasteiger partial charge in [0.2, 0.25) is 0 Å². The summed E-state index contributed by atoms with van der Waals surface area (Å²) in [6.45, 7) is 0.152. The molecular formula is C9H10F3N. The Hall–Kier alpha value is -1.03. The van der Waals surface area contributed by atoms with Crippen LogP contribution in [0.2, 0.25) is 0 Å². The molecule has 0 amide bonds. The summed E-state index contributed by atoms with van der Waals surface area (Å²) in [4.78, 5) is 0. The molecule has 1 unspecified atom stereocenters. The van der Waals surface area contributed by atoms with Gasteiger partial charge in [0.05, 0.1) is 0 Å². The Morgan fingerprint density at radius 1 is 1.15 bits per heavy atom. The van der Waals surface area contributed by atoms with E-state index in [-0.39, 0.29) is 18.5 Å². The highest BCUT2D eigenvalue weighted by molar-refractivity contribution is 5.20. The molecule has 0 radical (unpaired) electrons. The van der Waals surface area contributed by atoms with Crippen LogP contribution < -0.4 is 5.73 Å². The standard InChI is InChI=1S/C9H10F3N/c10-7-3-6(4-8(11)5-7)9(12)1-2-13/h3-5,9H,1-2,13H2. The second kappa shape index (κ2) is 4.28. The lowest BCUT2D eigenvalue weighted by atomic mass is 10.1. The molecule has 1 nitrogen and oxygen atoms in total. The van der Waals surface area contributed by atoms with Crippen molar-refractivity contribution in [3.05, 3.63) is 35.4 Å². The van der Waals surface area contributed by atoms with Crippen LogP contribution in [0.4, 0.5) is 13.2 Å². The molecule has 0 saturated carbocycles. The number of halogens is 3. The second-order valence-electron chi connectivity index (χ2n) is 2.75. The molecule has 1 atom stereocenters. The number of nitrogens with two attached hydrogens (primary N) is 1. The van der Waals surface area contributed by atoms with Gasteiger partial charge in [-0.15, -0.1) is 0 Å². The van der Waals surface area contributed by atoms with Crippen LogP contribution in [-0.4, -0.2) is 6.54 Å². The van der Waals surface area contributed by atoms with Crippen LogP contribution in [0.5, 0.6) is 0 Å². The lowest BCUT2D eigenvalue weighted by molar-refractivity contribution is 0.325. The van der Waals surface area contributed by atoms with Crippen molar-refractivity contribution < 1.29 is 13.2 Å². The Labute approximate surface area is 74.4 Å². The number of hydrogen-bond donors (Lipinski definition) is 1. The highest BCUT2D eigenvalue weighted by Crippen LogP contribution is 2.22. The molecule has 0 bridgehead atoms. The fourth-order valence-corrected chi connectivity index (χ4v) is 1.07. The molecule has 13 heavy (non-hydrogen) atoms. The number of rotatable bonds is 3. The SMILES string of the molecule is NCCC(F)c1cc(F)cc(F)c1. The van der Waals surface area contributed by atoms with Gasteiger partial charge in [0, 0.05) is 6.07 Å². The van der Waals surface area contributed by atoms with Gasteiger partial charge in [-0.1, -0.05) is 0 Å². The Morgan fingerprint density at radius 3 is 2.15 bits per heavy atom. The molecule has 0 aliphatic rings. The van der Waals surface area contributed by atoms with E-state index < -0.39 is 17.8 Å². The van der Waals surface area contributed by atoms with Crippen LogP contribution in [0.15, 0.2) is 18.2 Å². The molecular weight excluding hydrogens is 179 g/mol. The molecule has 4 heteroatoms. The van der Waals surface area contributed by atoms with Gasteiger partial charge in [0.15, 0.2) is 0 Å². The summed E-state index contributed by atoms with van der Waals surface area (Å²) in [5, 5.41) is 0. The van der Waals surface area contributed by atoms with E-state index in [1.807, 2.05) is 0 Å². The molecule has 0 aliphatic heterocycles. The van der Waals surface area contributed by atoms with Crippen molar-refractivity contribution in [2.75, 3.05) is 6.54 Å². The lowest BCUT2D eigenvalue weighted by Crippen LogP contribution is -2.04. The summed E-state index contributed by atoms with van der Waals surface area (Å²) in [6.07, 6.45) is -1.32. The van der Waals surface area contributed by atoms with Gasteiger partial charge < -0.3 is 5.73 Å². The predicted octanol–water partition coefficient (Wildman–Crippen LogP) is 2.32. The van der Waals surface area contributed by atoms with Crippen LogP contribution in [0.1, 0.15) is 18.2 Å². The van der Waals surface area contributed by atoms with E-state index in [9.17, 15) is 13.2 Å². The van der Waals surface area contributed by atoms with Crippen molar-refractivity contribution in [1.29, 1.82) is 0 Å². The minimum Gasteiger partial charge on any atom is -0.330 e. The summed E-state index contributed by atoms with van der Waals surface area (Å²) in [5.41, 5.74) is 5.12. The third-order valence-corrected chi connectivity index (χ3v) is 1.67. The van der Waals surface area contributed by atoms with E-state index >= 15 is 0 Å². The number of hydrogen-bond acceptors (Lipinski definition) is 1. The molecule has 0 aromatic heterocycles. The summed E-state index contributed by atoms with van der Waals surface area (Å²) >= 11 is 0. The third-order valence-electron chi connectivity index (χ3n) is 1.67. The molecule has 1 aromatic carbocycles. The molecule has 1 rings (SSSR count). The largest absolute Gasteiger partial charge is 0.330 e. The first-order valence-corrected chi connectivity index (χ1v) is 3.93. The highest BCUT2D eigenvalue weighted by Gasteiger charge is 2.10. The lowest BCUT2D eigenvalue weighted by Gasteiger charge is -2.06. The van der Waals surface area contributed by atoms with Crippen LogP contribution in [0.25, 0.3) is 0 Å². The molecule has 72 valence electrons. The van der Waals surface area contributed by atoms with Gasteiger partial charge >= 0.3 is 0 Å². The van der Waals surface area contributed by atoms with E-state index in [2.05, 4.69) is 0 Å². The Kier molecular flexibility index (Phi) is 3.31. The Morgan fingerprint density at radius 2 is 1.69 bits per heavy atom. The average Bonchev–Trinajstić information content (AvgIpc) is 2.03. The zero-order valence-electron chi connectivity index (χ0n) is 6.93. The summed E-state index contributed by atoms with van der Waals surface area (Å²) in [5.74, 6) is -1.54. The maximum absolute atomic E-state index is 13.1. The first-order chi connectivity index (χ1) is 6.13. The topological polar surface area (TPSA) is 26.0 Å². The molecule has 0 aliphatic carbocycles. The van der Waals surface area contributed by atoms with Gasteiger partial charge in [-0.25, -0.2) is 13.2 Å². The van der Waals surface area contributed by atoms with Crippen molar-refractivity contribution in [2.45, 2.75) is 12.6 Å². The second-order valence-corrected chi connectivity index (χ2v) is 2.75. The van der Waals surface area contributed by atoms with E-state index in [4.69, 9.17) is 5.73 Å². The average molecular weight is 189 g/mol. The molecule has 0 saturated heterocycles. The van der Waals surface area contributed by atoms with E-state index in [1.54, 1.807) is 0 Å². The molecule has 0 heterocycles. The van der Waals surface area contributed by atoms with Crippen LogP contribution in [0, 0.1) is 11.6 Å². The highest BCUT2D eigenvalue weighted by atomic mass is 19.1. The van der Waals surface area contributed by atoms with E-state index in [0.717, 1.165) is 12.1 Å². The quantitative estimate of drug-likeness (QED) is 0.775. The first kappa shape index (κ1) is 10.1. The Balaban J connectivity index is 2.87. The fraction of sp³-hybridized carbons (Fsp3) is 0.333. The molecule has 2 N–H and O–H groups in total. The maximum Gasteiger partial charge on any atom is 0.127 e. The monoisotopic (exact) mass is 189 g/mol. The smallest absolute Gasteiger partial charge is 0.127 e. The minimum absolute atomic E-state index is 0.00273. The normalized spacial score (nSPS) is 12.9. The van der Waals surface area contributed by atoms with Gasteiger partial charge in [0.25, 0.3) is 0 Å². The first-order valence-electron chi connectivity index (χ1n) is 3.93. The van der Waals surface area contributed by atoms with Gasteiger partial charge in [-0.3, -0.25) is 0 Å². The molecule has 0 fully saturated rings. The predicted molar refractivity (Wildman–Crippen MR) is 43.9 cm³/mol. The van der Waals surface area contributed by atoms with Gasteiger partial charge in [-0.05, 0) is 30.7 Å². The van der Waals surface area contributed by atoms with E-state index in [0.29, 0.717) is 6.07 Å². The molecule has 0 spiro atoms. The maximum atomic E-state index is 13.1. The summed E-state index contributed by atoms with van der Waals surface area (Å²) in [6, 6.07) is 2.66. The Bertz CT molecular complexity index is 268. The summed E-state index contributed by atoms with van der Waals surface area (Å²) < 4.78 is 38.3. The van der Waals surface area contributed by atoms with Crippen LogP contribution >= 0.6 is 0 Å². The zero-order chi connectivity index (χ0) is 9.84. The van der Waals surface area contributed by atoms with Crippen molar-refractivity contribution >= 4 is 0 Å². The van der Waals surface area contributed by atoms with Crippen molar-refractivity contribution in [3.63, 3.8) is 0 Å². The summed E-state index contributed by atoms with van der Waals surface area (Å²) in [7, 11) is 0. The molecule has 1 aromatic rings. The van der Waals surface area contributed by atoms with Crippen molar-refractivity contribution in [2.24, 2.45) is 5.73 Å². The van der Waals surface area contributed by atoms with E-state index in [1.165, 1.54) is 0 Å². The van der Waals surface area contributed by atoms with Crippen LogP contribution in [-0.2, 0) is 0 Å². The zero-order valence-corrected chi connectivity index (χ0v) is 6.93. The van der Waals surface area contributed by atoms with Crippen LogP contribution in [0.3, 0.4) is 0 Å². The van der Waals surface area contributed by atoms with Gasteiger partial charge in [0.1, 0.15) is 17.8 Å². The van der Waals surface area contributed by atoms with Crippen molar-refractivity contribution in [3.8, 4) is 0 Å². The number of benzene rings is 1. The third kappa shape index (κ3) is 2.73. The number of alkyl halides is 1. The van der Waals surface area contributed by atoms with Crippen molar-refractivity contribution in [1.82, 2.24) is 0 Å². The fourth-order valence-electron chi connectivity index (χ4n) is 1.07. The van der Waals surface area contributed by atoms with Gasteiger partial charge in [-0.2, -0.15) is 0 Å². The minimum atomic E-state index is -1.39.